The smallest absolute Gasteiger partial charge is 0.305 e. The lowest BCUT2D eigenvalue weighted by Gasteiger charge is -2.34. The largest absolute Gasteiger partial charge is 0.464 e. The van der Waals surface area contributed by atoms with Crippen molar-refractivity contribution in [2.75, 3.05) is 59.0 Å². The first-order valence-corrected chi connectivity index (χ1v) is 20.5. The Labute approximate surface area is 291 Å². The molecule has 0 unspecified atom stereocenters. The van der Waals surface area contributed by atoms with Crippen LogP contribution in [0.1, 0.15) is 181 Å². The molecule has 47 heavy (non-hydrogen) atoms. The van der Waals surface area contributed by atoms with Crippen LogP contribution in [0.15, 0.2) is 0 Å². The summed E-state index contributed by atoms with van der Waals surface area (Å²) < 4.78 is 11.3. The van der Waals surface area contributed by atoms with Gasteiger partial charge in [-0.3, -0.25) is 14.5 Å². The maximum absolute atomic E-state index is 12.4. The first-order chi connectivity index (χ1) is 23.1. The molecule has 2 N–H and O–H groups in total. The molecule has 0 aromatic heterocycles. The quantitative estimate of drug-likeness (QED) is 0.0541. The maximum atomic E-state index is 12.4. The normalized spacial score (nSPS) is 14.2. The highest BCUT2D eigenvalue weighted by Gasteiger charge is 2.21. The van der Waals surface area contributed by atoms with E-state index in [2.05, 4.69) is 23.6 Å². The zero-order valence-corrected chi connectivity index (χ0v) is 31.4. The molecular weight excluding hydrogens is 586 g/mol. The summed E-state index contributed by atoms with van der Waals surface area (Å²) in [7, 11) is 0. The zero-order chi connectivity index (χ0) is 34.0. The minimum atomic E-state index is -0.0747. The van der Waals surface area contributed by atoms with E-state index < -0.39 is 0 Å². The Balaban J connectivity index is 2.21. The second-order valence-electron chi connectivity index (χ2n) is 14.4. The molecule has 0 atom stereocenters. The average molecular weight is 666 g/mol. The summed E-state index contributed by atoms with van der Waals surface area (Å²) in [4.78, 5) is 29.6. The average Bonchev–Trinajstić information content (AvgIpc) is 3.07. The van der Waals surface area contributed by atoms with Crippen LogP contribution in [-0.4, -0.2) is 80.8 Å². The Morgan fingerprint density at radius 2 is 0.957 bits per heavy atom. The molecule has 7 nitrogen and oxygen atoms in total. The molecule has 1 aliphatic heterocycles. The minimum absolute atomic E-state index is 0.0747. The monoisotopic (exact) mass is 666 g/mol. The summed E-state index contributed by atoms with van der Waals surface area (Å²) in [5.74, 6) is 0.465. The Morgan fingerprint density at radius 3 is 1.32 bits per heavy atom. The lowest BCUT2D eigenvalue weighted by Crippen LogP contribution is -2.42. The van der Waals surface area contributed by atoms with E-state index in [1.807, 2.05) is 0 Å². The van der Waals surface area contributed by atoms with Crippen LogP contribution in [0.2, 0.25) is 0 Å². The van der Waals surface area contributed by atoms with Crippen molar-refractivity contribution >= 4 is 11.9 Å². The summed E-state index contributed by atoms with van der Waals surface area (Å²) in [6.07, 6.45) is 31.5. The van der Waals surface area contributed by atoms with E-state index in [0.717, 1.165) is 64.7 Å². The van der Waals surface area contributed by atoms with Crippen LogP contribution in [0, 0.1) is 5.92 Å². The van der Waals surface area contributed by atoms with Gasteiger partial charge in [-0.25, -0.2) is 0 Å². The molecule has 1 rings (SSSR count). The van der Waals surface area contributed by atoms with Crippen molar-refractivity contribution in [1.82, 2.24) is 9.80 Å². The number of ether oxygens (including phenoxy) is 2. The van der Waals surface area contributed by atoms with Crippen molar-refractivity contribution in [1.29, 1.82) is 0 Å². The fourth-order valence-corrected chi connectivity index (χ4v) is 6.82. The molecule has 1 heterocycles. The van der Waals surface area contributed by atoms with Gasteiger partial charge in [-0.1, -0.05) is 142 Å². The van der Waals surface area contributed by atoms with E-state index in [1.54, 1.807) is 0 Å². The van der Waals surface area contributed by atoms with E-state index in [0.29, 0.717) is 51.6 Å². The summed E-state index contributed by atoms with van der Waals surface area (Å²) in [5, 5.41) is 0. The number of carbonyl (C=O) groups excluding carboxylic acids is 2. The van der Waals surface area contributed by atoms with Crippen LogP contribution in [0.5, 0.6) is 0 Å². The second-order valence-corrected chi connectivity index (χ2v) is 14.4. The molecule has 0 aromatic rings. The van der Waals surface area contributed by atoms with Crippen molar-refractivity contribution < 1.29 is 19.1 Å². The van der Waals surface area contributed by atoms with Gasteiger partial charge in [-0.05, 0) is 44.7 Å². The first-order valence-electron chi connectivity index (χ1n) is 20.5. The SMILES string of the molecule is CCCCCCCCCCCCCC(=O)OCCN(CCOC(=O)CCCCCCCCCCCCC)CC1CCN(CCN)CC1. The van der Waals surface area contributed by atoms with E-state index >= 15 is 0 Å². The fraction of sp³-hybridized carbons (Fsp3) is 0.950. The molecule has 0 amide bonds. The van der Waals surface area contributed by atoms with Crippen LogP contribution < -0.4 is 5.73 Å². The van der Waals surface area contributed by atoms with Gasteiger partial charge in [0.1, 0.15) is 13.2 Å². The minimum Gasteiger partial charge on any atom is -0.464 e. The van der Waals surface area contributed by atoms with Crippen molar-refractivity contribution in [3.05, 3.63) is 0 Å². The molecule has 0 aromatic carbocycles. The van der Waals surface area contributed by atoms with Crippen molar-refractivity contribution in [2.24, 2.45) is 11.7 Å². The highest BCUT2D eigenvalue weighted by atomic mass is 16.5. The summed E-state index contributed by atoms with van der Waals surface area (Å²) in [5.41, 5.74) is 5.76. The van der Waals surface area contributed by atoms with Crippen LogP contribution in [0.3, 0.4) is 0 Å². The molecule has 1 saturated heterocycles. The molecule has 7 heteroatoms. The third kappa shape index (κ3) is 28.4. The molecule has 0 aliphatic carbocycles. The fourth-order valence-electron chi connectivity index (χ4n) is 6.82. The summed E-state index contributed by atoms with van der Waals surface area (Å²) >= 11 is 0. The Hall–Kier alpha value is -1.18. The Bertz CT molecular complexity index is 655. The van der Waals surface area contributed by atoms with Gasteiger partial charge in [0, 0.05) is 45.6 Å². The zero-order valence-electron chi connectivity index (χ0n) is 31.4. The van der Waals surface area contributed by atoms with Crippen LogP contribution in [0.4, 0.5) is 0 Å². The third-order valence-electron chi connectivity index (χ3n) is 9.98. The van der Waals surface area contributed by atoms with Crippen LogP contribution in [0.25, 0.3) is 0 Å². The molecule has 0 radical (unpaired) electrons. The molecule has 0 spiro atoms. The number of nitrogens with two attached hydrogens (primary N) is 1. The summed E-state index contributed by atoms with van der Waals surface area (Å²) in [6.45, 7) is 11.6. The predicted molar refractivity (Wildman–Crippen MR) is 199 cm³/mol. The highest BCUT2D eigenvalue weighted by Crippen LogP contribution is 2.19. The number of hydrogen-bond donors (Lipinski definition) is 1. The van der Waals surface area contributed by atoms with Gasteiger partial charge in [0.05, 0.1) is 0 Å². The van der Waals surface area contributed by atoms with E-state index in [9.17, 15) is 9.59 Å². The second kappa shape index (κ2) is 33.3. The lowest BCUT2D eigenvalue weighted by atomic mass is 9.96. The molecule has 0 bridgehead atoms. The van der Waals surface area contributed by atoms with Gasteiger partial charge >= 0.3 is 11.9 Å². The van der Waals surface area contributed by atoms with Gasteiger partial charge in [0.2, 0.25) is 0 Å². The lowest BCUT2D eigenvalue weighted by molar-refractivity contribution is -0.144. The van der Waals surface area contributed by atoms with Crippen molar-refractivity contribution in [3.8, 4) is 0 Å². The highest BCUT2D eigenvalue weighted by molar-refractivity contribution is 5.69. The van der Waals surface area contributed by atoms with Crippen LogP contribution in [-0.2, 0) is 19.1 Å². The first kappa shape index (κ1) is 43.8. The number of carbonyl (C=O) groups is 2. The molecular formula is C40H79N3O4. The van der Waals surface area contributed by atoms with Gasteiger partial charge in [-0.2, -0.15) is 0 Å². The molecule has 0 saturated carbocycles. The predicted octanol–water partition coefficient (Wildman–Crippen LogP) is 9.45. The van der Waals surface area contributed by atoms with Crippen LogP contribution >= 0.6 is 0 Å². The Morgan fingerprint density at radius 1 is 0.596 bits per heavy atom. The van der Waals surface area contributed by atoms with Crippen molar-refractivity contribution in [3.63, 3.8) is 0 Å². The van der Waals surface area contributed by atoms with Gasteiger partial charge < -0.3 is 20.1 Å². The number of hydrogen-bond acceptors (Lipinski definition) is 7. The third-order valence-corrected chi connectivity index (χ3v) is 9.98. The number of rotatable bonds is 34. The van der Waals surface area contributed by atoms with Crippen molar-refractivity contribution in [2.45, 2.75) is 181 Å². The van der Waals surface area contributed by atoms with Gasteiger partial charge in [0.15, 0.2) is 0 Å². The van der Waals surface area contributed by atoms with E-state index in [1.165, 1.54) is 116 Å². The molecule has 278 valence electrons. The topological polar surface area (TPSA) is 85.1 Å². The molecule has 1 fully saturated rings. The van der Waals surface area contributed by atoms with E-state index in [4.69, 9.17) is 15.2 Å². The number of piperidine rings is 1. The van der Waals surface area contributed by atoms with E-state index in [-0.39, 0.29) is 11.9 Å². The Kier molecular flexibility index (Phi) is 31.1. The number of esters is 2. The number of nitrogens with zero attached hydrogens (tertiary/aromatic N) is 2. The maximum Gasteiger partial charge on any atom is 0.305 e. The van der Waals surface area contributed by atoms with Gasteiger partial charge in [-0.15, -0.1) is 0 Å². The number of unbranched alkanes of at least 4 members (excludes halogenated alkanes) is 20. The van der Waals surface area contributed by atoms with Gasteiger partial charge in [0.25, 0.3) is 0 Å². The summed E-state index contributed by atoms with van der Waals surface area (Å²) in [6, 6.07) is 0. The molecule has 1 aliphatic rings. The standard InChI is InChI=1S/C40H79N3O4/c1-3-5-7-9-11-13-15-17-19-21-23-25-39(44)46-35-33-43(37-38-27-30-42(31-28-38)32-29-41)34-36-47-40(45)26-24-22-20-18-16-14-12-10-8-6-4-2/h38H,3-37,41H2,1-2H3. The number of likely N-dealkylation sites (tertiary alicyclic amines) is 1.